The Morgan fingerprint density at radius 2 is 2.14 bits per heavy atom. The summed E-state index contributed by atoms with van der Waals surface area (Å²) in [5.74, 6) is 0.498. The average Bonchev–Trinajstić information content (AvgIpc) is 2.98. The molecule has 2 heteroatoms. The number of hydrogen-bond donors (Lipinski definition) is 0. The summed E-state index contributed by atoms with van der Waals surface area (Å²) in [7, 11) is 0. The van der Waals surface area contributed by atoms with Gasteiger partial charge in [0.1, 0.15) is 6.61 Å². The molecule has 0 spiro atoms. The SMILES string of the molecule is CC(=O)OCc1ccccc1C1CC1. The van der Waals surface area contributed by atoms with E-state index in [9.17, 15) is 4.79 Å². The van der Waals surface area contributed by atoms with Crippen LogP contribution in [0.4, 0.5) is 0 Å². The second-order valence-corrected chi connectivity index (χ2v) is 3.75. The van der Waals surface area contributed by atoms with Crippen LogP contribution in [0.25, 0.3) is 0 Å². The minimum atomic E-state index is -0.212. The molecule has 0 bridgehead atoms. The smallest absolute Gasteiger partial charge is 0.302 e. The van der Waals surface area contributed by atoms with Crippen LogP contribution in [-0.4, -0.2) is 5.97 Å². The molecule has 1 aromatic carbocycles. The Kier molecular flexibility index (Phi) is 2.53. The summed E-state index contributed by atoms with van der Waals surface area (Å²) < 4.78 is 5.01. The van der Waals surface area contributed by atoms with Crippen molar-refractivity contribution < 1.29 is 9.53 Å². The first kappa shape index (κ1) is 9.25. The molecule has 0 radical (unpaired) electrons. The number of benzene rings is 1. The van der Waals surface area contributed by atoms with Crippen LogP contribution >= 0.6 is 0 Å². The second kappa shape index (κ2) is 3.82. The zero-order valence-electron chi connectivity index (χ0n) is 8.32. The monoisotopic (exact) mass is 190 g/mol. The minimum absolute atomic E-state index is 0.212. The molecule has 2 nitrogen and oxygen atoms in total. The molecular formula is C12H14O2. The minimum Gasteiger partial charge on any atom is -0.461 e. The van der Waals surface area contributed by atoms with E-state index in [1.165, 1.54) is 25.3 Å². The molecule has 0 aromatic heterocycles. The predicted octanol–water partition coefficient (Wildman–Crippen LogP) is 2.63. The van der Waals surface area contributed by atoms with E-state index in [-0.39, 0.29) is 5.97 Å². The van der Waals surface area contributed by atoms with E-state index in [4.69, 9.17) is 4.74 Å². The molecule has 1 aliphatic rings. The van der Waals surface area contributed by atoms with Crippen LogP contribution in [0.15, 0.2) is 24.3 Å². The van der Waals surface area contributed by atoms with Crippen molar-refractivity contribution in [3.8, 4) is 0 Å². The number of ether oxygens (including phenoxy) is 1. The summed E-state index contributed by atoms with van der Waals surface area (Å²) in [6, 6.07) is 8.21. The molecule has 1 aromatic rings. The van der Waals surface area contributed by atoms with E-state index in [0.717, 1.165) is 5.56 Å². The van der Waals surface area contributed by atoms with E-state index in [0.29, 0.717) is 12.5 Å². The number of esters is 1. The number of carbonyl (C=O) groups excluding carboxylic acids is 1. The number of carbonyl (C=O) groups is 1. The van der Waals surface area contributed by atoms with Crippen molar-refractivity contribution in [1.29, 1.82) is 0 Å². The first-order valence-electron chi connectivity index (χ1n) is 4.98. The van der Waals surface area contributed by atoms with E-state index >= 15 is 0 Å². The molecule has 1 aliphatic carbocycles. The maximum atomic E-state index is 10.7. The Balaban J connectivity index is 2.10. The van der Waals surface area contributed by atoms with Crippen molar-refractivity contribution in [3.63, 3.8) is 0 Å². The van der Waals surface area contributed by atoms with Gasteiger partial charge in [0.25, 0.3) is 0 Å². The summed E-state index contributed by atoms with van der Waals surface area (Å²) in [4.78, 5) is 10.7. The topological polar surface area (TPSA) is 26.3 Å². The zero-order chi connectivity index (χ0) is 9.97. The molecular weight excluding hydrogens is 176 g/mol. The largest absolute Gasteiger partial charge is 0.461 e. The van der Waals surface area contributed by atoms with Gasteiger partial charge in [-0.1, -0.05) is 24.3 Å². The summed E-state index contributed by atoms with van der Waals surface area (Å²) in [6.07, 6.45) is 2.55. The van der Waals surface area contributed by atoms with Crippen molar-refractivity contribution in [2.24, 2.45) is 0 Å². The lowest BCUT2D eigenvalue weighted by Crippen LogP contribution is -2.01. The molecule has 14 heavy (non-hydrogen) atoms. The lowest BCUT2D eigenvalue weighted by atomic mass is 10.0. The molecule has 0 amide bonds. The lowest BCUT2D eigenvalue weighted by molar-refractivity contribution is -0.142. The maximum absolute atomic E-state index is 10.7. The molecule has 1 fully saturated rings. The summed E-state index contributed by atoms with van der Waals surface area (Å²) >= 11 is 0. The van der Waals surface area contributed by atoms with E-state index in [2.05, 4.69) is 6.07 Å². The molecule has 0 atom stereocenters. The van der Waals surface area contributed by atoms with Gasteiger partial charge in [-0.3, -0.25) is 4.79 Å². The first-order valence-corrected chi connectivity index (χ1v) is 4.98. The second-order valence-electron chi connectivity index (χ2n) is 3.75. The summed E-state index contributed by atoms with van der Waals surface area (Å²) in [5.41, 5.74) is 2.51. The van der Waals surface area contributed by atoms with Gasteiger partial charge in [-0.25, -0.2) is 0 Å². The highest BCUT2D eigenvalue weighted by atomic mass is 16.5. The lowest BCUT2D eigenvalue weighted by Gasteiger charge is -2.07. The van der Waals surface area contributed by atoms with Crippen LogP contribution in [0.2, 0.25) is 0 Å². The van der Waals surface area contributed by atoms with Crippen LogP contribution in [0.1, 0.15) is 36.8 Å². The summed E-state index contributed by atoms with van der Waals surface area (Å²) in [6.45, 7) is 1.86. The Bertz CT molecular complexity index is 340. The van der Waals surface area contributed by atoms with Gasteiger partial charge in [-0.05, 0) is 29.9 Å². The molecule has 0 aliphatic heterocycles. The van der Waals surface area contributed by atoms with Crippen molar-refractivity contribution >= 4 is 5.97 Å². The van der Waals surface area contributed by atoms with E-state index in [1.807, 2.05) is 18.2 Å². The normalized spacial score (nSPS) is 15.2. The van der Waals surface area contributed by atoms with Crippen molar-refractivity contribution in [3.05, 3.63) is 35.4 Å². The van der Waals surface area contributed by atoms with Crippen molar-refractivity contribution in [2.45, 2.75) is 32.3 Å². The van der Waals surface area contributed by atoms with Crippen LogP contribution < -0.4 is 0 Å². The Labute approximate surface area is 83.9 Å². The third-order valence-corrected chi connectivity index (χ3v) is 2.50. The highest BCUT2D eigenvalue weighted by Crippen LogP contribution is 2.41. The fourth-order valence-corrected chi connectivity index (χ4v) is 1.64. The molecule has 0 unspecified atom stereocenters. The molecule has 74 valence electrons. The van der Waals surface area contributed by atoms with Gasteiger partial charge in [0.05, 0.1) is 0 Å². The average molecular weight is 190 g/mol. The molecule has 0 heterocycles. The number of hydrogen-bond acceptors (Lipinski definition) is 2. The van der Waals surface area contributed by atoms with Crippen LogP contribution in [-0.2, 0) is 16.1 Å². The van der Waals surface area contributed by atoms with Gasteiger partial charge < -0.3 is 4.74 Å². The maximum Gasteiger partial charge on any atom is 0.302 e. The van der Waals surface area contributed by atoms with Crippen LogP contribution in [0.3, 0.4) is 0 Å². The van der Waals surface area contributed by atoms with Gasteiger partial charge in [0.15, 0.2) is 0 Å². The molecule has 0 saturated heterocycles. The quantitative estimate of drug-likeness (QED) is 0.685. The van der Waals surface area contributed by atoms with Crippen molar-refractivity contribution in [1.82, 2.24) is 0 Å². The zero-order valence-corrected chi connectivity index (χ0v) is 8.32. The molecule has 1 saturated carbocycles. The Morgan fingerprint density at radius 3 is 2.79 bits per heavy atom. The molecule has 0 N–H and O–H groups in total. The highest BCUT2D eigenvalue weighted by Gasteiger charge is 2.25. The van der Waals surface area contributed by atoms with Gasteiger partial charge in [0.2, 0.25) is 0 Å². The summed E-state index contributed by atoms with van der Waals surface area (Å²) in [5, 5.41) is 0. The van der Waals surface area contributed by atoms with Crippen molar-refractivity contribution in [2.75, 3.05) is 0 Å². The van der Waals surface area contributed by atoms with E-state index in [1.54, 1.807) is 0 Å². The van der Waals surface area contributed by atoms with Crippen LogP contribution in [0, 0.1) is 0 Å². The highest BCUT2D eigenvalue weighted by molar-refractivity contribution is 5.66. The number of rotatable bonds is 3. The molecule has 2 rings (SSSR count). The first-order chi connectivity index (χ1) is 6.77. The Hall–Kier alpha value is -1.31. The van der Waals surface area contributed by atoms with Gasteiger partial charge >= 0.3 is 5.97 Å². The van der Waals surface area contributed by atoms with E-state index < -0.39 is 0 Å². The third kappa shape index (κ3) is 2.13. The fraction of sp³-hybridized carbons (Fsp3) is 0.417. The van der Waals surface area contributed by atoms with Gasteiger partial charge in [0, 0.05) is 6.92 Å². The van der Waals surface area contributed by atoms with Crippen LogP contribution in [0.5, 0.6) is 0 Å². The van der Waals surface area contributed by atoms with Gasteiger partial charge in [-0.15, -0.1) is 0 Å². The fourth-order valence-electron chi connectivity index (χ4n) is 1.64. The third-order valence-electron chi connectivity index (χ3n) is 2.50. The Morgan fingerprint density at radius 1 is 1.43 bits per heavy atom. The standard InChI is InChI=1S/C12H14O2/c1-9(13)14-8-11-4-2-3-5-12(11)10-6-7-10/h2-5,10H,6-8H2,1H3. The predicted molar refractivity (Wildman–Crippen MR) is 53.9 cm³/mol. The van der Waals surface area contributed by atoms with Gasteiger partial charge in [-0.2, -0.15) is 0 Å².